The topological polar surface area (TPSA) is 32.3 Å². The second-order valence-corrected chi connectivity index (χ2v) is 2.99. The highest BCUT2D eigenvalue weighted by molar-refractivity contribution is 5.56. The van der Waals surface area contributed by atoms with Gasteiger partial charge in [-0.1, -0.05) is 6.07 Å². The normalized spacial score (nSPS) is 11.4. The van der Waals surface area contributed by atoms with E-state index >= 15 is 0 Å². The van der Waals surface area contributed by atoms with Gasteiger partial charge in [0.05, 0.1) is 5.69 Å². The lowest BCUT2D eigenvalue weighted by atomic mass is 10.2. The first-order valence-electron chi connectivity index (χ1n) is 3.99. The van der Waals surface area contributed by atoms with Crippen LogP contribution in [-0.4, -0.2) is 17.8 Å². The second kappa shape index (κ2) is 3.77. The maximum Gasteiger partial charge on any atom is 0.405 e. The molecule has 5 heteroatoms. The molecular formula is C9H10F3NO. The zero-order valence-corrected chi connectivity index (χ0v) is 7.52. The number of hydrogen-bond donors (Lipinski definition) is 2. The van der Waals surface area contributed by atoms with Crippen LogP contribution in [0.3, 0.4) is 0 Å². The lowest BCUT2D eigenvalue weighted by Crippen LogP contribution is -2.21. The number of anilines is 1. The summed E-state index contributed by atoms with van der Waals surface area (Å²) in [6.07, 6.45) is -4.28. The zero-order valence-electron chi connectivity index (χ0n) is 7.52. The molecule has 78 valence electrons. The Morgan fingerprint density at radius 2 is 2.00 bits per heavy atom. The van der Waals surface area contributed by atoms with Crippen LogP contribution >= 0.6 is 0 Å². The van der Waals surface area contributed by atoms with Crippen molar-refractivity contribution in [3.8, 4) is 5.75 Å². The highest BCUT2D eigenvalue weighted by Crippen LogP contribution is 2.25. The predicted molar refractivity (Wildman–Crippen MR) is 47.4 cm³/mol. The van der Waals surface area contributed by atoms with Gasteiger partial charge < -0.3 is 10.4 Å². The van der Waals surface area contributed by atoms with E-state index in [0.717, 1.165) is 5.56 Å². The number of hydrogen-bond acceptors (Lipinski definition) is 2. The summed E-state index contributed by atoms with van der Waals surface area (Å²) in [5.41, 5.74) is 0.882. The molecule has 0 aliphatic carbocycles. The van der Waals surface area contributed by atoms with Crippen molar-refractivity contribution in [1.82, 2.24) is 0 Å². The quantitative estimate of drug-likeness (QED) is 0.727. The lowest BCUT2D eigenvalue weighted by molar-refractivity contribution is -0.115. The summed E-state index contributed by atoms with van der Waals surface area (Å²) in [5.74, 6) is -0.172. The monoisotopic (exact) mass is 205 g/mol. The van der Waals surface area contributed by atoms with Crippen molar-refractivity contribution in [3.63, 3.8) is 0 Å². The van der Waals surface area contributed by atoms with E-state index in [0.29, 0.717) is 0 Å². The van der Waals surface area contributed by atoms with E-state index in [1.165, 1.54) is 12.1 Å². The maximum absolute atomic E-state index is 11.8. The van der Waals surface area contributed by atoms with Gasteiger partial charge in [-0.05, 0) is 24.6 Å². The van der Waals surface area contributed by atoms with Crippen LogP contribution in [0, 0.1) is 6.92 Å². The van der Waals surface area contributed by atoms with Crippen molar-refractivity contribution in [2.45, 2.75) is 13.1 Å². The van der Waals surface area contributed by atoms with Gasteiger partial charge in [0, 0.05) is 0 Å². The van der Waals surface area contributed by atoms with Crippen LogP contribution in [0.5, 0.6) is 5.75 Å². The Morgan fingerprint density at radius 1 is 1.36 bits per heavy atom. The standard InChI is InChI=1S/C9H10F3NO/c1-6-2-3-7(8(14)4-6)13-5-9(10,11)12/h2-4,13-14H,5H2,1H3. The molecule has 2 N–H and O–H groups in total. The number of phenols is 1. The van der Waals surface area contributed by atoms with Crippen molar-refractivity contribution >= 4 is 5.69 Å². The van der Waals surface area contributed by atoms with Crippen molar-refractivity contribution in [1.29, 1.82) is 0 Å². The molecule has 0 fully saturated rings. The minimum Gasteiger partial charge on any atom is -0.506 e. The molecular weight excluding hydrogens is 195 g/mol. The van der Waals surface area contributed by atoms with Gasteiger partial charge in [0.1, 0.15) is 12.3 Å². The number of alkyl halides is 3. The summed E-state index contributed by atoms with van der Waals surface area (Å²) in [4.78, 5) is 0. The van der Waals surface area contributed by atoms with Gasteiger partial charge in [0.15, 0.2) is 0 Å². The fourth-order valence-electron chi connectivity index (χ4n) is 0.987. The van der Waals surface area contributed by atoms with E-state index in [1.807, 2.05) is 0 Å². The van der Waals surface area contributed by atoms with Crippen LogP contribution in [-0.2, 0) is 0 Å². The third kappa shape index (κ3) is 3.16. The van der Waals surface area contributed by atoms with E-state index in [-0.39, 0.29) is 11.4 Å². The molecule has 0 atom stereocenters. The first-order chi connectivity index (χ1) is 6.38. The summed E-state index contributed by atoms with van der Waals surface area (Å²) in [5, 5.41) is 11.4. The highest BCUT2D eigenvalue weighted by atomic mass is 19.4. The Balaban J connectivity index is 2.68. The van der Waals surface area contributed by atoms with Crippen LogP contribution < -0.4 is 5.32 Å². The number of halogens is 3. The van der Waals surface area contributed by atoms with Gasteiger partial charge in [-0.15, -0.1) is 0 Å². The van der Waals surface area contributed by atoms with Crippen molar-refractivity contribution < 1.29 is 18.3 Å². The molecule has 1 aromatic carbocycles. The summed E-state index contributed by atoms with van der Waals surface area (Å²) < 4.78 is 35.4. The van der Waals surface area contributed by atoms with E-state index in [4.69, 9.17) is 0 Å². The van der Waals surface area contributed by atoms with E-state index in [2.05, 4.69) is 5.32 Å². The maximum atomic E-state index is 11.8. The fraction of sp³-hybridized carbons (Fsp3) is 0.333. The van der Waals surface area contributed by atoms with Crippen molar-refractivity contribution in [2.24, 2.45) is 0 Å². The fourth-order valence-corrected chi connectivity index (χ4v) is 0.987. The summed E-state index contributed by atoms with van der Waals surface area (Å²) in [7, 11) is 0. The summed E-state index contributed by atoms with van der Waals surface area (Å²) in [6.45, 7) is 0.594. The Hall–Kier alpha value is -1.39. The predicted octanol–water partition coefficient (Wildman–Crippen LogP) is 2.67. The van der Waals surface area contributed by atoms with Crippen molar-refractivity contribution in [2.75, 3.05) is 11.9 Å². The molecule has 0 saturated heterocycles. The molecule has 0 radical (unpaired) electrons. The van der Waals surface area contributed by atoms with Crippen molar-refractivity contribution in [3.05, 3.63) is 23.8 Å². The van der Waals surface area contributed by atoms with Gasteiger partial charge in [0.2, 0.25) is 0 Å². The Morgan fingerprint density at radius 3 is 2.50 bits per heavy atom. The first-order valence-corrected chi connectivity index (χ1v) is 3.99. The summed E-state index contributed by atoms with van der Waals surface area (Å²) in [6, 6.07) is 4.44. The van der Waals surface area contributed by atoms with Crippen LogP contribution in [0.4, 0.5) is 18.9 Å². The van der Waals surface area contributed by atoms with Crippen LogP contribution in [0.25, 0.3) is 0 Å². The molecule has 0 amide bonds. The molecule has 14 heavy (non-hydrogen) atoms. The van der Waals surface area contributed by atoms with Crippen LogP contribution in [0.2, 0.25) is 0 Å². The number of aromatic hydroxyl groups is 1. The minimum atomic E-state index is -4.28. The van der Waals surface area contributed by atoms with Crippen LogP contribution in [0.1, 0.15) is 5.56 Å². The molecule has 0 unspecified atom stereocenters. The van der Waals surface area contributed by atoms with Crippen LogP contribution in [0.15, 0.2) is 18.2 Å². The third-order valence-electron chi connectivity index (χ3n) is 1.63. The molecule has 1 aromatic rings. The third-order valence-corrected chi connectivity index (χ3v) is 1.63. The average molecular weight is 205 g/mol. The summed E-state index contributed by atoms with van der Waals surface area (Å²) >= 11 is 0. The number of rotatable bonds is 2. The number of aryl methyl sites for hydroxylation is 1. The lowest BCUT2D eigenvalue weighted by Gasteiger charge is -2.10. The molecule has 0 heterocycles. The molecule has 0 aliphatic heterocycles. The molecule has 0 aliphatic rings. The minimum absolute atomic E-state index is 0.0907. The van der Waals surface area contributed by atoms with Gasteiger partial charge in [0.25, 0.3) is 0 Å². The first kappa shape index (κ1) is 10.7. The molecule has 0 aromatic heterocycles. The van der Waals surface area contributed by atoms with E-state index in [9.17, 15) is 18.3 Å². The number of phenolic OH excluding ortho intramolecular Hbond substituents is 1. The van der Waals surface area contributed by atoms with Gasteiger partial charge in [-0.2, -0.15) is 13.2 Å². The van der Waals surface area contributed by atoms with E-state index < -0.39 is 12.7 Å². The Kier molecular flexibility index (Phi) is 2.88. The van der Waals surface area contributed by atoms with Gasteiger partial charge >= 0.3 is 6.18 Å². The SMILES string of the molecule is Cc1ccc(NCC(F)(F)F)c(O)c1. The largest absolute Gasteiger partial charge is 0.506 e. The van der Waals surface area contributed by atoms with Gasteiger partial charge in [-0.25, -0.2) is 0 Å². The van der Waals surface area contributed by atoms with Gasteiger partial charge in [-0.3, -0.25) is 0 Å². The number of benzene rings is 1. The second-order valence-electron chi connectivity index (χ2n) is 2.99. The van der Waals surface area contributed by atoms with E-state index in [1.54, 1.807) is 13.0 Å². The zero-order chi connectivity index (χ0) is 10.8. The average Bonchev–Trinajstić information content (AvgIpc) is 2.00. The Bertz CT molecular complexity index is 322. The Labute approximate surface area is 79.4 Å². The highest BCUT2D eigenvalue weighted by Gasteiger charge is 2.26. The number of nitrogens with one attached hydrogen (secondary N) is 1. The molecule has 2 nitrogen and oxygen atoms in total. The smallest absolute Gasteiger partial charge is 0.405 e. The molecule has 0 spiro atoms. The molecule has 1 rings (SSSR count). The molecule has 0 bridgehead atoms. The molecule has 0 saturated carbocycles.